The van der Waals surface area contributed by atoms with E-state index in [9.17, 15) is 22.8 Å². The van der Waals surface area contributed by atoms with E-state index in [-0.39, 0.29) is 22.4 Å². The highest BCUT2D eigenvalue weighted by atomic mass is 32.2. The molecule has 2 N–H and O–H groups in total. The Kier molecular flexibility index (Phi) is 5.97. The van der Waals surface area contributed by atoms with Crippen LogP contribution in [0.2, 0.25) is 0 Å². The Morgan fingerprint density at radius 1 is 1.03 bits per heavy atom. The number of hydrogen-bond acceptors (Lipinski definition) is 6. The molecule has 1 saturated carbocycles. The molecule has 0 heterocycles. The second kappa shape index (κ2) is 8.44. The van der Waals surface area contributed by atoms with Crippen molar-refractivity contribution in [1.29, 1.82) is 0 Å². The summed E-state index contributed by atoms with van der Waals surface area (Å²) in [5.74, 6) is -1.64. The van der Waals surface area contributed by atoms with E-state index in [1.54, 1.807) is 24.3 Å². The van der Waals surface area contributed by atoms with E-state index in [0.717, 1.165) is 19.1 Å². The van der Waals surface area contributed by atoms with Crippen molar-refractivity contribution in [1.82, 2.24) is 5.32 Å². The van der Waals surface area contributed by atoms with Crippen molar-refractivity contribution in [2.45, 2.75) is 23.8 Å². The van der Waals surface area contributed by atoms with E-state index in [1.807, 2.05) is 0 Å². The number of carbonyl (C=O) groups excluding carboxylic acids is 3. The van der Waals surface area contributed by atoms with Crippen LogP contribution in [0.3, 0.4) is 0 Å². The molecule has 0 aromatic heterocycles. The van der Waals surface area contributed by atoms with Gasteiger partial charge in [-0.05, 0) is 49.2 Å². The van der Waals surface area contributed by atoms with Crippen molar-refractivity contribution >= 4 is 33.3 Å². The number of sulfone groups is 1. The third-order valence-electron chi connectivity index (χ3n) is 4.21. The maximum absolute atomic E-state index is 12.3. The van der Waals surface area contributed by atoms with Crippen LogP contribution in [0.5, 0.6) is 0 Å². The summed E-state index contributed by atoms with van der Waals surface area (Å²) in [6, 6.07) is 12.0. The van der Waals surface area contributed by atoms with Crippen molar-refractivity contribution in [3.8, 4) is 0 Å². The molecule has 0 saturated heterocycles. The minimum Gasteiger partial charge on any atom is -0.452 e. The zero-order chi connectivity index (χ0) is 21.0. The Labute approximate surface area is 168 Å². The first-order valence-electron chi connectivity index (χ1n) is 8.91. The number of ether oxygens (including phenoxy) is 1. The maximum Gasteiger partial charge on any atom is 0.338 e. The minimum absolute atomic E-state index is 0.0767. The smallest absolute Gasteiger partial charge is 0.338 e. The third-order valence-corrected chi connectivity index (χ3v) is 5.34. The molecule has 0 unspecified atom stereocenters. The van der Waals surface area contributed by atoms with Crippen LogP contribution in [0, 0.1) is 0 Å². The third kappa shape index (κ3) is 5.64. The van der Waals surface area contributed by atoms with Crippen molar-refractivity contribution in [3.05, 3.63) is 59.7 Å². The van der Waals surface area contributed by atoms with E-state index in [2.05, 4.69) is 10.6 Å². The molecule has 152 valence electrons. The molecule has 0 spiro atoms. The maximum atomic E-state index is 12.3. The topological polar surface area (TPSA) is 119 Å². The van der Waals surface area contributed by atoms with Gasteiger partial charge in [0.2, 0.25) is 0 Å². The highest BCUT2D eigenvalue weighted by Gasteiger charge is 2.25. The molecular weight excluding hydrogens is 396 g/mol. The van der Waals surface area contributed by atoms with E-state index in [1.165, 1.54) is 24.3 Å². The van der Waals surface area contributed by atoms with Crippen LogP contribution >= 0.6 is 0 Å². The minimum atomic E-state index is -3.37. The van der Waals surface area contributed by atoms with Gasteiger partial charge in [0, 0.05) is 12.3 Å². The van der Waals surface area contributed by atoms with Crippen LogP contribution in [0.1, 0.15) is 33.6 Å². The first kappa shape index (κ1) is 20.5. The molecular formula is C20H20N2O6S. The molecule has 3 rings (SSSR count). The molecule has 29 heavy (non-hydrogen) atoms. The SMILES string of the molecule is CS(=O)(=O)c1ccc(C(=O)OCC(=O)Nc2ccccc2C(=O)NC2CC2)cc1. The Bertz CT molecular complexity index is 1040. The average molecular weight is 416 g/mol. The second-order valence-electron chi connectivity index (χ2n) is 6.71. The number of carbonyl (C=O) groups is 3. The van der Waals surface area contributed by atoms with Gasteiger partial charge >= 0.3 is 5.97 Å². The molecule has 0 aliphatic heterocycles. The lowest BCUT2D eigenvalue weighted by atomic mass is 10.1. The van der Waals surface area contributed by atoms with Crippen molar-refractivity contribution in [2.24, 2.45) is 0 Å². The summed E-state index contributed by atoms with van der Waals surface area (Å²) < 4.78 is 27.8. The average Bonchev–Trinajstić information content (AvgIpc) is 3.50. The quantitative estimate of drug-likeness (QED) is 0.664. The van der Waals surface area contributed by atoms with Gasteiger partial charge in [-0.1, -0.05) is 12.1 Å². The first-order valence-corrected chi connectivity index (χ1v) is 10.8. The molecule has 0 bridgehead atoms. The molecule has 2 aromatic carbocycles. The van der Waals surface area contributed by atoms with Crippen molar-refractivity contribution < 1.29 is 27.5 Å². The van der Waals surface area contributed by atoms with Crippen LogP contribution in [0.4, 0.5) is 5.69 Å². The van der Waals surface area contributed by atoms with Crippen LogP contribution in [-0.4, -0.2) is 45.1 Å². The zero-order valence-corrected chi connectivity index (χ0v) is 16.5. The number of rotatable bonds is 7. The molecule has 0 radical (unpaired) electrons. The fourth-order valence-electron chi connectivity index (χ4n) is 2.52. The Balaban J connectivity index is 1.57. The van der Waals surface area contributed by atoms with Gasteiger partial charge in [0.25, 0.3) is 11.8 Å². The number of benzene rings is 2. The summed E-state index contributed by atoms with van der Waals surface area (Å²) in [7, 11) is -3.37. The largest absolute Gasteiger partial charge is 0.452 e. The van der Waals surface area contributed by atoms with E-state index >= 15 is 0 Å². The molecule has 2 aromatic rings. The summed E-state index contributed by atoms with van der Waals surface area (Å²) in [6.07, 6.45) is 2.95. The van der Waals surface area contributed by atoms with Gasteiger partial charge in [-0.25, -0.2) is 13.2 Å². The van der Waals surface area contributed by atoms with Gasteiger partial charge in [0.05, 0.1) is 21.7 Å². The van der Waals surface area contributed by atoms with Gasteiger partial charge in [-0.3, -0.25) is 9.59 Å². The van der Waals surface area contributed by atoms with E-state index < -0.39 is 28.3 Å². The number of esters is 1. The number of amides is 2. The number of nitrogens with one attached hydrogen (secondary N) is 2. The Morgan fingerprint density at radius 2 is 1.69 bits per heavy atom. The fraction of sp³-hybridized carbons (Fsp3) is 0.250. The lowest BCUT2D eigenvalue weighted by molar-refractivity contribution is -0.119. The van der Waals surface area contributed by atoms with Crippen LogP contribution in [0.15, 0.2) is 53.4 Å². The summed E-state index contributed by atoms with van der Waals surface area (Å²) in [5, 5.41) is 5.42. The molecule has 1 fully saturated rings. The molecule has 1 aliphatic rings. The second-order valence-corrected chi connectivity index (χ2v) is 8.73. The first-order chi connectivity index (χ1) is 13.7. The Hall–Kier alpha value is -3.20. The van der Waals surface area contributed by atoms with Crippen LogP contribution in [-0.2, 0) is 19.4 Å². The van der Waals surface area contributed by atoms with E-state index in [0.29, 0.717) is 11.3 Å². The van der Waals surface area contributed by atoms with Gasteiger partial charge in [-0.2, -0.15) is 0 Å². The van der Waals surface area contributed by atoms with Gasteiger partial charge in [0.15, 0.2) is 16.4 Å². The Morgan fingerprint density at radius 3 is 2.31 bits per heavy atom. The number of para-hydroxylation sites is 1. The normalized spacial score (nSPS) is 13.4. The lowest BCUT2D eigenvalue weighted by Gasteiger charge is -2.11. The monoisotopic (exact) mass is 416 g/mol. The fourth-order valence-corrected chi connectivity index (χ4v) is 3.15. The molecule has 1 aliphatic carbocycles. The highest BCUT2D eigenvalue weighted by Crippen LogP contribution is 2.21. The highest BCUT2D eigenvalue weighted by molar-refractivity contribution is 7.90. The lowest BCUT2D eigenvalue weighted by Crippen LogP contribution is -2.28. The number of hydrogen-bond donors (Lipinski definition) is 2. The van der Waals surface area contributed by atoms with Crippen molar-refractivity contribution in [2.75, 3.05) is 18.2 Å². The summed E-state index contributed by atoms with van der Waals surface area (Å²) in [5.41, 5.74) is 0.772. The molecule has 9 heteroatoms. The molecule has 2 amide bonds. The van der Waals surface area contributed by atoms with Gasteiger partial charge < -0.3 is 15.4 Å². The van der Waals surface area contributed by atoms with Crippen LogP contribution in [0.25, 0.3) is 0 Å². The zero-order valence-electron chi connectivity index (χ0n) is 15.7. The predicted molar refractivity (Wildman–Crippen MR) is 105 cm³/mol. The predicted octanol–water partition coefficient (Wildman–Crippen LogP) is 1.78. The molecule has 0 atom stereocenters. The van der Waals surface area contributed by atoms with Gasteiger partial charge in [0.1, 0.15) is 0 Å². The van der Waals surface area contributed by atoms with E-state index in [4.69, 9.17) is 4.74 Å². The summed E-state index contributed by atoms with van der Waals surface area (Å²) in [4.78, 5) is 36.5. The summed E-state index contributed by atoms with van der Waals surface area (Å²) >= 11 is 0. The molecule has 8 nitrogen and oxygen atoms in total. The van der Waals surface area contributed by atoms with Crippen LogP contribution < -0.4 is 10.6 Å². The van der Waals surface area contributed by atoms with Gasteiger partial charge in [-0.15, -0.1) is 0 Å². The standard InChI is InChI=1S/C20H20N2O6S/c1-29(26,27)15-10-6-13(7-11-15)20(25)28-12-18(23)22-17-5-3-2-4-16(17)19(24)21-14-8-9-14/h2-7,10-11,14H,8-9,12H2,1H3,(H,21,24)(H,22,23). The number of anilines is 1. The van der Waals surface area contributed by atoms with Crippen molar-refractivity contribution in [3.63, 3.8) is 0 Å². The summed E-state index contributed by atoms with van der Waals surface area (Å²) in [6.45, 7) is -0.550.